The second kappa shape index (κ2) is 12.7. The Bertz CT molecular complexity index is 978. The van der Waals surface area contributed by atoms with Gasteiger partial charge in [-0.2, -0.15) is 0 Å². The number of anilines is 1. The number of aliphatic hydroxyl groups is 1. The van der Waals surface area contributed by atoms with Crippen molar-refractivity contribution in [3.63, 3.8) is 0 Å². The molecule has 2 aliphatic rings. The van der Waals surface area contributed by atoms with Gasteiger partial charge >= 0.3 is 0 Å². The highest BCUT2D eigenvalue weighted by molar-refractivity contribution is 5.94. The first-order chi connectivity index (χ1) is 16.4. The third-order valence-corrected chi connectivity index (χ3v) is 7.30. The van der Waals surface area contributed by atoms with Gasteiger partial charge in [0.25, 0.3) is 0 Å². The van der Waals surface area contributed by atoms with Crippen molar-refractivity contribution in [1.82, 2.24) is 10.2 Å². The molecule has 192 valence electrons. The van der Waals surface area contributed by atoms with Crippen molar-refractivity contribution in [1.29, 1.82) is 0 Å². The molecule has 1 heterocycles. The van der Waals surface area contributed by atoms with Crippen LogP contribution in [-0.2, 0) is 17.9 Å². The lowest BCUT2D eigenvalue weighted by molar-refractivity contribution is -0.123. The van der Waals surface area contributed by atoms with E-state index in [0.29, 0.717) is 6.04 Å². The molecule has 1 aliphatic heterocycles. The number of aryl methyl sites for hydroxylation is 1. The van der Waals surface area contributed by atoms with Crippen molar-refractivity contribution >= 4 is 24.0 Å². The van der Waals surface area contributed by atoms with E-state index in [-0.39, 0.29) is 36.9 Å². The van der Waals surface area contributed by atoms with Crippen LogP contribution in [0.25, 0.3) is 0 Å². The second-order valence-corrected chi connectivity index (χ2v) is 10.00. The Hall–Kier alpha value is -2.12. The Kier molecular flexibility index (Phi) is 9.99. The van der Waals surface area contributed by atoms with Crippen LogP contribution in [0.2, 0.25) is 0 Å². The van der Waals surface area contributed by atoms with Crippen LogP contribution in [0.4, 0.5) is 5.69 Å². The van der Waals surface area contributed by atoms with E-state index in [2.05, 4.69) is 42.3 Å². The number of ether oxygens (including phenoxy) is 1. The summed E-state index contributed by atoms with van der Waals surface area (Å²) in [6, 6.07) is 14.6. The second-order valence-electron chi connectivity index (χ2n) is 10.00. The number of hydrogen-bond acceptors (Lipinski definition) is 5. The predicted octanol–water partition coefficient (Wildman–Crippen LogP) is 4.30. The lowest BCUT2D eigenvalue weighted by Crippen LogP contribution is -2.48. The van der Waals surface area contributed by atoms with Gasteiger partial charge in [0.15, 0.2) is 0 Å². The van der Waals surface area contributed by atoms with E-state index in [1.165, 1.54) is 11.1 Å². The van der Waals surface area contributed by atoms with Crippen LogP contribution in [0.15, 0.2) is 42.5 Å². The first kappa shape index (κ1) is 27.5. The number of nitrogens with zero attached hydrogens (tertiary/aromatic N) is 2. The molecule has 0 bridgehead atoms. The highest BCUT2D eigenvalue weighted by Gasteiger charge is 2.30. The molecule has 1 saturated heterocycles. The van der Waals surface area contributed by atoms with E-state index < -0.39 is 0 Å². The summed E-state index contributed by atoms with van der Waals surface area (Å²) in [4.78, 5) is 17.6. The minimum atomic E-state index is 0. The van der Waals surface area contributed by atoms with Gasteiger partial charge in [0.1, 0.15) is 5.75 Å². The molecule has 2 fully saturated rings. The smallest absolute Gasteiger partial charge is 0.229 e. The first-order valence-corrected chi connectivity index (χ1v) is 12.6. The van der Waals surface area contributed by atoms with E-state index in [1.54, 1.807) is 0 Å². The number of aliphatic hydroxyl groups excluding tert-OH is 1. The Balaban J connectivity index is 0.00000342. The maximum absolute atomic E-state index is 13.2. The molecule has 0 aromatic heterocycles. The lowest BCUT2D eigenvalue weighted by Gasteiger charge is -2.32. The Morgan fingerprint density at radius 2 is 1.94 bits per heavy atom. The summed E-state index contributed by atoms with van der Waals surface area (Å²) in [5.74, 6) is 1.03. The molecule has 2 N–H and O–H groups in total. The number of benzene rings is 2. The Morgan fingerprint density at radius 3 is 2.63 bits per heavy atom. The molecule has 1 amide bonds. The Labute approximate surface area is 216 Å². The average molecular weight is 502 g/mol. The number of carbonyl (C=O) groups is 1. The molecule has 0 unspecified atom stereocenters. The summed E-state index contributed by atoms with van der Waals surface area (Å²) < 4.78 is 6.12. The quantitative estimate of drug-likeness (QED) is 0.592. The van der Waals surface area contributed by atoms with Crippen molar-refractivity contribution in [2.24, 2.45) is 5.92 Å². The molecule has 7 heteroatoms. The van der Waals surface area contributed by atoms with Crippen LogP contribution in [0.3, 0.4) is 0 Å². The van der Waals surface area contributed by atoms with Gasteiger partial charge in [0, 0.05) is 50.9 Å². The van der Waals surface area contributed by atoms with E-state index in [4.69, 9.17) is 4.74 Å². The van der Waals surface area contributed by atoms with Gasteiger partial charge in [0.2, 0.25) is 5.91 Å². The number of amides is 1. The zero-order chi connectivity index (χ0) is 24.1. The molecule has 1 saturated carbocycles. The third-order valence-electron chi connectivity index (χ3n) is 7.30. The van der Waals surface area contributed by atoms with Crippen LogP contribution in [0.5, 0.6) is 5.75 Å². The molecule has 2 aromatic carbocycles. The molecule has 0 spiro atoms. The van der Waals surface area contributed by atoms with Crippen molar-refractivity contribution in [3.8, 4) is 5.75 Å². The van der Waals surface area contributed by atoms with Crippen molar-refractivity contribution in [2.75, 3.05) is 31.6 Å². The van der Waals surface area contributed by atoms with Crippen LogP contribution < -0.4 is 15.0 Å². The molecule has 35 heavy (non-hydrogen) atoms. The number of hydrogen-bond donors (Lipinski definition) is 2. The maximum atomic E-state index is 13.2. The van der Waals surface area contributed by atoms with Crippen molar-refractivity contribution in [2.45, 2.75) is 64.8 Å². The standard InChI is InChI=1S/C28H39N3O3.ClH/c1-20-15-25(10-7-24(20)18-31-14-13-29-21(2)17-31)30(3)28(33)23-8-11-26(12-9-23)34-27-6-4-5-22(16-27)19-32;/h4-7,10,15-16,21,23,26,29,32H,8-9,11-14,17-19H2,1-3H3;1H/t21-,23-,26-;/m0./s1. The summed E-state index contributed by atoms with van der Waals surface area (Å²) >= 11 is 0. The number of carbonyl (C=O) groups excluding carboxylic acids is 1. The molecular formula is C28H40ClN3O3. The van der Waals surface area contributed by atoms with Gasteiger partial charge in [-0.3, -0.25) is 9.69 Å². The normalized spacial score (nSPS) is 22.8. The fourth-order valence-electron chi connectivity index (χ4n) is 5.20. The van der Waals surface area contributed by atoms with Crippen LogP contribution in [0, 0.1) is 12.8 Å². The lowest BCUT2D eigenvalue weighted by atomic mass is 9.86. The zero-order valence-corrected chi connectivity index (χ0v) is 22.0. The topological polar surface area (TPSA) is 65.0 Å². The first-order valence-electron chi connectivity index (χ1n) is 12.6. The SMILES string of the molecule is Cc1cc(N(C)C(=O)[C@H]2CC[C@H](Oc3cccc(CO)c3)CC2)ccc1CN1CCN[C@@H](C)C1.Cl. The molecule has 6 nitrogen and oxygen atoms in total. The van der Waals surface area contributed by atoms with Gasteiger partial charge in [-0.15, -0.1) is 12.4 Å². The fourth-order valence-corrected chi connectivity index (χ4v) is 5.20. The molecule has 2 aromatic rings. The number of rotatable bonds is 7. The monoisotopic (exact) mass is 501 g/mol. The summed E-state index contributed by atoms with van der Waals surface area (Å²) in [5, 5.41) is 12.8. The predicted molar refractivity (Wildman–Crippen MR) is 143 cm³/mol. The summed E-state index contributed by atoms with van der Waals surface area (Å²) in [6.45, 7) is 8.54. The van der Waals surface area contributed by atoms with Crippen LogP contribution in [-0.4, -0.2) is 54.7 Å². The molecular weight excluding hydrogens is 462 g/mol. The zero-order valence-electron chi connectivity index (χ0n) is 21.2. The van der Waals surface area contributed by atoms with Crippen LogP contribution in [0.1, 0.15) is 49.3 Å². The van der Waals surface area contributed by atoms with Crippen molar-refractivity contribution < 1.29 is 14.6 Å². The largest absolute Gasteiger partial charge is 0.490 e. The van der Waals surface area contributed by atoms with E-state index in [1.807, 2.05) is 36.2 Å². The van der Waals surface area contributed by atoms with E-state index in [9.17, 15) is 9.90 Å². The van der Waals surface area contributed by atoms with Gasteiger partial charge in [-0.25, -0.2) is 0 Å². The number of piperazine rings is 1. The molecule has 0 radical (unpaired) electrons. The minimum absolute atomic E-state index is 0. The maximum Gasteiger partial charge on any atom is 0.229 e. The van der Waals surface area contributed by atoms with Gasteiger partial charge in [-0.1, -0.05) is 18.2 Å². The number of halogens is 1. The molecule has 4 rings (SSSR count). The van der Waals surface area contributed by atoms with E-state index in [0.717, 1.165) is 68.9 Å². The van der Waals surface area contributed by atoms with Gasteiger partial charge in [0.05, 0.1) is 12.7 Å². The number of nitrogens with one attached hydrogen (secondary N) is 1. The Morgan fingerprint density at radius 1 is 1.17 bits per heavy atom. The summed E-state index contributed by atoms with van der Waals surface area (Å²) in [5.41, 5.74) is 4.40. The fraction of sp³-hybridized carbons (Fsp3) is 0.536. The molecule has 1 aliphatic carbocycles. The van der Waals surface area contributed by atoms with Gasteiger partial charge in [-0.05, 0) is 80.5 Å². The van der Waals surface area contributed by atoms with E-state index >= 15 is 0 Å². The minimum Gasteiger partial charge on any atom is -0.490 e. The van der Waals surface area contributed by atoms with Gasteiger partial charge < -0.3 is 20.1 Å². The van der Waals surface area contributed by atoms with Crippen LogP contribution >= 0.6 is 12.4 Å². The van der Waals surface area contributed by atoms with Crippen molar-refractivity contribution in [3.05, 3.63) is 59.2 Å². The highest BCUT2D eigenvalue weighted by Crippen LogP contribution is 2.31. The highest BCUT2D eigenvalue weighted by atomic mass is 35.5. The molecule has 1 atom stereocenters. The summed E-state index contributed by atoms with van der Waals surface area (Å²) in [7, 11) is 1.90. The third kappa shape index (κ3) is 7.20. The average Bonchev–Trinajstić information content (AvgIpc) is 2.85. The summed E-state index contributed by atoms with van der Waals surface area (Å²) in [6.07, 6.45) is 3.54.